The third-order valence-corrected chi connectivity index (χ3v) is 63.8. The molecular weight excluding hydrogens is 401 g/mol. The van der Waals surface area contributed by atoms with Gasteiger partial charge >= 0.3 is 135 Å². The van der Waals surface area contributed by atoms with Crippen molar-refractivity contribution in [1.82, 2.24) is 4.98 Å². The molecule has 0 spiro atoms. The van der Waals surface area contributed by atoms with Crippen LogP contribution in [0.5, 0.6) is 0 Å². The molecule has 1 nitrogen and oxygen atoms in total. The zero-order valence-corrected chi connectivity index (χ0v) is 21.1. The first-order valence-corrected chi connectivity index (χ1v) is 24.0. The van der Waals surface area contributed by atoms with Gasteiger partial charge in [-0.05, 0) is 0 Å². The van der Waals surface area contributed by atoms with Gasteiger partial charge in [0.15, 0.2) is 0 Å². The summed E-state index contributed by atoms with van der Waals surface area (Å²) in [5.41, 5.74) is 1.26. The molecule has 0 amide bonds. The molecule has 1 aliphatic carbocycles. The van der Waals surface area contributed by atoms with Crippen LogP contribution in [0.25, 0.3) is 10.9 Å². The number of hydrogen-bond acceptors (Lipinski definition) is 0. The molecule has 0 atom stereocenters. The van der Waals surface area contributed by atoms with Crippen LogP contribution in [-0.2, 0) is 10.7 Å². The largest absolute Gasteiger partial charge is 0.147 e. The number of allylic oxidation sites excluding steroid dienone is 4. The van der Waals surface area contributed by atoms with E-state index in [9.17, 15) is 0 Å². The standard InChI is InChI=1S/C8H6N.C5H5.C2H7Si.5CH3.2ClH.Ti/c1-2-4-8-7(3-1)5-6-9-8;1-2-4-5-3-1;1-3-2;;;;;;;;/h1-5,9H;1-3H,4H2;3H,1-2H3;5*1H3;2*1H;. The Morgan fingerprint density at radius 3 is 2.04 bits per heavy atom. The van der Waals surface area contributed by atoms with Crippen LogP contribution in [0.3, 0.4) is 0 Å². The zero-order chi connectivity index (χ0) is 17.3. The second kappa shape index (κ2) is 4.42. The van der Waals surface area contributed by atoms with Gasteiger partial charge in [0.1, 0.15) is 0 Å². The predicted molar refractivity (Wildman–Crippen MR) is 122 cm³/mol. The number of nitrogens with one attached hydrogen (secondary N) is 1. The molecule has 1 N–H and O–H groups in total. The first kappa shape index (κ1) is 22.8. The minimum absolute atomic E-state index is 0. The summed E-state index contributed by atoms with van der Waals surface area (Å²) >= 11 is 0. The third kappa shape index (κ3) is 2.45. The average Bonchev–Trinajstić information content (AvgIpc) is 3.09. The first-order valence-electron chi connectivity index (χ1n) is 9.07. The van der Waals surface area contributed by atoms with Crippen molar-refractivity contribution in [3.8, 4) is 0 Å². The van der Waals surface area contributed by atoms with Crippen LogP contribution in [0.15, 0.2) is 52.4 Å². The molecule has 25 heavy (non-hydrogen) atoms. The Kier molecular flexibility index (Phi) is 4.03. The minimum atomic E-state index is -4.58. The average molecular weight is 436 g/mol. The fourth-order valence-corrected chi connectivity index (χ4v) is 21.0. The van der Waals surface area contributed by atoms with Crippen molar-refractivity contribution in [1.29, 1.82) is 0 Å². The number of aromatic amines is 1. The maximum atomic E-state index is 3.90. The van der Waals surface area contributed by atoms with Crippen molar-refractivity contribution < 1.29 is 10.7 Å². The van der Waals surface area contributed by atoms with E-state index in [2.05, 4.69) is 92.8 Å². The number of rotatable bonds is 3. The second-order valence-corrected chi connectivity index (χ2v) is 67.2. The number of aromatic nitrogens is 1. The molecule has 2 aromatic rings. The first-order chi connectivity index (χ1) is 10.1. The van der Waals surface area contributed by atoms with Gasteiger partial charge in [-0.3, -0.25) is 0 Å². The van der Waals surface area contributed by atoms with Gasteiger partial charge in [-0.15, -0.1) is 24.8 Å². The number of hydrogen-bond donors (Lipinski definition) is 1. The Labute approximate surface area is 159 Å². The van der Waals surface area contributed by atoms with Crippen molar-refractivity contribution >= 4 is 46.4 Å². The second-order valence-electron chi connectivity index (χ2n) is 14.1. The van der Waals surface area contributed by atoms with Gasteiger partial charge in [0.05, 0.1) is 0 Å². The van der Waals surface area contributed by atoms with Crippen molar-refractivity contribution in [3.05, 3.63) is 52.4 Å². The molecule has 1 aliphatic rings. The zero-order valence-electron chi connectivity index (χ0n) is 16.7. The maximum absolute atomic E-state index is 4.58. The molecule has 0 aliphatic heterocycles. The summed E-state index contributed by atoms with van der Waals surface area (Å²) < 4.78 is 3.17. The molecule has 5 heteroatoms. The van der Waals surface area contributed by atoms with Crippen LogP contribution < -0.4 is 4.00 Å². The molecular formula is C20H35Cl2NSiTi. The maximum Gasteiger partial charge on any atom is -0.147 e. The van der Waals surface area contributed by atoms with Gasteiger partial charge in [-0.25, -0.2) is 0 Å². The van der Waals surface area contributed by atoms with Crippen molar-refractivity contribution in [2.45, 2.75) is 45.7 Å². The Balaban J connectivity index is 0.00000156. The van der Waals surface area contributed by atoms with Crippen LogP contribution in [0.2, 0.25) is 39.2 Å². The van der Waals surface area contributed by atoms with Gasteiger partial charge in [-0.2, -0.15) is 0 Å². The summed E-state index contributed by atoms with van der Waals surface area (Å²) in [5, 5.41) is 14.7. The van der Waals surface area contributed by atoms with Crippen molar-refractivity contribution in [2.24, 2.45) is 0 Å². The van der Waals surface area contributed by atoms with Crippen LogP contribution in [-0.4, -0.2) is 11.6 Å². The summed E-state index contributed by atoms with van der Waals surface area (Å²) in [4.78, 5) is 3.90. The number of para-hydroxylation sites is 1. The quantitative estimate of drug-likeness (QED) is 0.499. The summed E-state index contributed by atoms with van der Waals surface area (Å²) in [6, 6.07) is 11.2. The van der Waals surface area contributed by atoms with Gasteiger partial charge in [-0.1, -0.05) is 0 Å². The SMILES string of the molecule is C[SiH](C)[Ti]([CH3])([CH3])([CH3])([CH3])([CH3])([C]1=CC=CC1)[c]1cc2ccccc2[nH]1.Cl.Cl. The summed E-state index contributed by atoms with van der Waals surface area (Å²) in [6.07, 6.45) is 8.12. The van der Waals surface area contributed by atoms with E-state index in [4.69, 9.17) is 0 Å². The van der Waals surface area contributed by atoms with Crippen LogP contribution in [0.4, 0.5) is 0 Å². The van der Waals surface area contributed by atoms with E-state index < -0.39 is 17.4 Å². The van der Waals surface area contributed by atoms with E-state index in [1.807, 2.05) is 0 Å². The molecule has 0 saturated heterocycles. The van der Waals surface area contributed by atoms with E-state index in [0.29, 0.717) is 0 Å². The van der Waals surface area contributed by atoms with Crippen molar-refractivity contribution in [2.75, 3.05) is 0 Å². The fraction of sp³-hybridized carbons (Fsp3) is 0.400. The summed E-state index contributed by atoms with van der Waals surface area (Å²) in [6.45, 7) is 3.95. The molecule has 0 saturated carbocycles. The van der Waals surface area contributed by atoms with Crippen LogP contribution >= 0.6 is 24.8 Å². The normalized spacial score (nSPS) is 20.6. The monoisotopic (exact) mass is 435 g/mol. The van der Waals surface area contributed by atoms with Crippen molar-refractivity contribution in [3.63, 3.8) is 0 Å². The number of benzene rings is 1. The van der Waals surface area contributed by atoms with Crippen LogP contribution in [0.1, 0.15) is 6.42 Å². The molecule has 142 valence electrons. The molecule has 1 heterocycles. The van der Waals surface area contributed by atoms with E-state index in [1.165, 1.54) is 14.9 Å². The molecule has 0 bridgehead atoms. The van der Waals surface area contributed by atoms with Gasteiger partial charge < -0.3 is 0 Å². The topological polar surface area (TPSA) is 15.8 Å². The third-order valence-electron chi connectivity index (χ3n) is 9.35. The molecule has 0 radical (unpaired) electrons. The van der Waals surface area contributed by atoms with Gasteiger partial charge in [0.2, 0.25) is 0 Å². The van der Waals surface area contributed by atoms with E-state index in [-0.39, 0.29) is 24.8 Å². The number of fused-ring (bicyclic) bond motifs is 1. The molecule has 1 aromatic heterocycles. The van der Waals surface area contributed by atoms with E-state index >= 15 is 0 Å². The predicted octanol–water partition coefficient (Wildman–Crippen LogP) is 7.00. The molecule has 0 unspecified atom stereocenters. The Hall–Kier alpha value is -0.249. The Morgan fingerprint density at radius 1 is 0.960 bits per heavy atom. The molecule has 1 aromatic carbocycles. The molecule has 3 rings (SSSR count). The number of H-pyrrole nitrogens is 1. The fourth-order valence-electron chi connectivity index (χ4n) is 4.32. The van der Waals surface area contributed by atoms with E-state index in [1.54, 1.807) is 3.88 Å². The van der Waals surface area contributed by atoms with E-state index in [0.717, 1.165) is 6.42 Å². The van der Waals surface area contributed by atoms with Gasteiger partial charge in [0.25, 0.3) is 0 Å². The smallest absolute Gasteiger partial charge is 0.147 e. The van der Waals surface area contributed by atoms with Gasteiger partial charge in [0, 0.05) is 0 Å². The Morgan fingerprint density at radius 2 is 1.56 bits per heavy atom. The summed E-state index contributed by atoms with van der Waals surface area (Å²) in [7, 11) is -4.58. The van der Waals surface area contributed by atoms with Crippen LogP contribution in [0, 0.1) is 0 Å². The molecule has 0 fully saturated rings. The minimum Gasteiger partial charge on any atom is -0.147 e. The Bertz CT molecular complexity index is 911. The summed E-state index contributed by atoms with van der Waals surface area (Å²) in [5.74, 6) is 0. The number of halogens is 2.